The van der Waals surface area contributed by atoms with Crippen LogP contribution in [-0.2, 0) is 4.79 Å². The number of rotatable bonds is 4. The van der Waals surface area contributed by atoms with Gasteiger partial charge in [-0.25, -0.2) is 0 Å². The summed E-state index contributed by atoms with van der Waals surface area (Å²) in [6.07, 6.45) is 0. The number of hydrogen-bond acceptors (Lipinski definition) is 3. The predicted octanol–water partition coefficient (Wildman–Crippen LogP) is 1.38. The van der Waals surface area contributed by atoms with Gasteiger partial charge in [0.2, 0.25) is 5.91 Å². The molecule has 2 amide bonds. The molecule has 98 valence electrons. The molecule has 4 N–H and O–H groups in total. The Morgan fingerprint density at radius 2 is 2.11 bits per heavy atom. The second-order valence-corrected chi connectivity index (χ2v) is 4.24. The van der Waals surface area contributed by atoms with Crippen molar-refractivity contribution in [2.24, 2.45) is 5.73 Å². The quantitative estimate of drug-likeness (QED) is 0.772. The van der Waals surface area contributed by atoms with Gasteiger partial charge in [0, 0.05) is 12.2 Å². The van der Waals surface area contributed by atoms with Gasteiger partial charge in [-0.3, -0.25) is 9.59 Å². The number of nitrogens with one attached hydrogen (secondary N) is 2. The zero-order chi connectivity index (χ0) is 13.7. The fourth-order valence-electron chi connectivity index (χ4n) is 1.29. The zero-order valence-electron chi connectivity index (χ0n) is 10.3. The Balaban J connectivity index is 2.86. The minimum absolute atomic E-state index is 0.243. The number of halogens is 1. The van der Waals surface area contributed by atoms with Gasteiger partial charge in [-0.15, -0.1) is 0 Å². The Hall–Kier alpha value is -1.59. The van der Waals surface area contributed by atoms with E-state index in [0.29, 0.717) is 17.8 Å². The number of nitrogens with two attached hydrogens (primary N) is 1. The monoisotopic (exact) mass is 269 g/mol. The molecular formula is C12H16ClN3O2. The number of hydrogen-bond donors (Lipinski definition) is 3. The van der Waals surface area contributed by atoms with Crippen molar-refractivity contribution < 1.29 is 9.59 Å². The third-order valence-corrected chi connectivity index (χ3v) is 2.54. The lowest BCUT2D eigenvalue weighted by Gasteiger charge is -2.10. The van der Waals surface area contributed by atoms with Crippen LogP contribution in [0.5, 0.6) is 0 Å². The van der Waals surface area contributed by atoms with Crippen LogP contribution in [0.2, 0.25) is 5.02 Å². The van der Waals surface area contributed by atoms with Crippen molar-refractivity contribution in [3.63, 3.8) is 0 Å². The van der Waals surface area contributed by atoms with Crippen molar-refractivity contribution in [1.82, 2.24) is 5.32 Å². The molecule has 6 heteroatoms. The lowest BCUT2D eigenvalue weighted by molar-refractivity contribution is -0.117. The van der Waals surface area contributed by atoms with Crippen LogP contribution < -0.4 is 16.4 Å². The van der Waals surface area contributed by atoms with Gasteiger partial charge in [0.15, 0.2) is 0 Å². The van der Waals surface area contributed by atoms with Crippen LogP contribution in [0.25, 0.3) is 0 Å². The van der Waals surface area contributed by atoms with E-state index in [1.165, 1.54) is 6.07 Å². The SMILES string of the molecule is CCNC(=O)c1ccc(NC(=O)C(C)N)cc1Cl. The third kappa shape index (κ3) is 3.72. The van der Waals surface area contributed by atoms with Crippen molar-refractivity contribution >= 4 is 29.1 Å². The molecule has 0 aliphatic carbocycles. The molecule has 0 saturated heterocycles. The molecule has 0 saturated carbocycles. The Morgan fingerprint density at radius 1 is 1.44 bits per heavy atom. The average Bonchev–Trinajstić information content (AvgIpc) is 2.29. The summed E-state index contributed by atoms with van der Waals surface area (Å²) in [7, 11) is 0. The van der Waals surface area contributed by atoms with Gasteiger partial charge in [0.25, 0.3) is 5.91 Å². The van der Waals surface area contributed by atoms with Crippen LogP contribution in [0, 0.1) is 0 Å². The van der Waals surface area contributed by atoms with Crippen LogP contribution in [0.4, 0.5) is 5.69 Å². The first-order valence-corrected chi connectivity index (χ1v) is 5.97. The fourth-order valence-corrected chi connectivity index (χ4v) is 1.56. The summed E-state index contributed by atoms with van der Waals surface area (Å²) in [5.74, 6) is -0.551. The van der Waals surface area contributed by atoms with E-state index >= 15 is 0 Å². The lowest BCUT2D eigenvalue weighted by Crippen LogP contribution is -2.32. The van der Waals surface area contributed by atoms with E-state index in [9.17, 15) is 9.59 Å². The summed E-state index contributed by atoms with van der Waals surface area (Å²) in [6.45, 7) is 3.93. The average molecular weight is 270 g/mol. The van der Waals surface area contributed by atoms with Gasteiger partial charge in [-0.05, 0) is 32.0 Å². The number of anilines is 1. The van der Waals surface area contributed by atoms with Gasteiger partial charge >= 0.3 is 0 Å². The van der Waals surface area contributed by atoms with Crippen molar-refractivity contribution in [1.29, 1.82) is 0 Å². The van der Waals surface area contributed by atoms with Gasteiger partial charge < -0.3 is 16.4 Å². The number of amides is 2. The van der Waals surface area contributed by atoms with Crippen LogP contribution in [0.1, 0.15) is 24.2 Å². The second-order valence-electron chi connectivity index (χ2n) is 3.83. The van der Waals surface area contributed by atoms with E-state index in [0.717, 1.165) is 0 Å². The first-order valence-electron chi connectivity index (χ1n) is 5.60. The van der Waals surface area contributed by atoms with Gasteiger partial charge in [0.1, 0.15) is 0 Å². The van der Waals surface area contributed by atoms with E-state index in [4.69, 9.17) is 17.3 Å². The molecule has 1 unspecified atom stereocenters. The van der Waals surface area contributed by atoms with Gasteiger partial charge in [-0.2, -0.15) is 0 Å². The maximum absolute atomic E-state index is 11.6. The summed E-state index contributed by atoms with van der Waals surface area (Å²) >= 11 is 5.98. The normalized spacial score (nSPS) is 11.8. The summed E-state index contributed by atoms with van der Waals surface area (Å²) in [6, 6.07) is 4.08. The summed E-state index contributed by atoms with van der Waals surface area (Å²) in [4.78, 5) is 23.0. The van der Waals surface area contributed by atoms with Crippen LogP contribution >= 0.6 is 11.6 Å². The van der Waals surface area contributed by atoms with Crippen LogP contribution in [0.3, 0.4) is 0 Å². The topological polar surface area (TPSA) is 84.2 Å². The molecule has 1 atom stereocenters. The molecule has 0 bridgehead atoms. The maximum atomic E-state index is 11.6. The van der Waals surface area contributed by atoms with Crippen molar-refractivity contribution in [3.8, 4) is 0 Å². The van der Waals surface area contributed by atoms with Crippen LogP contribution in [0.15, 0.2) is 18.2 Å². The molecule has 0 heterocycles. The van der Waals surface area contributed by atoms with Crippen molar-refractivity contribution in [2.75, 3.05) is 11.9 Å². The Bertz CT molecular complexity index is 461. The first kappa shape index (κ1) is 14.5. The maximum Gasteiger partial charge on any atom is 0.252 e. The van der Waals surface area contributed by atoms with E-state index in [1.54, 1.807) is 19.1 Å². The largest absolute Gasteiger partial charge is 0.352 e. The van der Waals surface area contributed by atoms with Gasteiger partial charge in [-0.1, -0.05) is 11.6 Å². The second kappa shape index (κ2) is 6.37. The predicted molar refractivity (Wildman–Crippen MR) is 71.7 cm³/mol. The molecule has 5 nitrogen and oxygen atoms in total. The molecule has 0 radical (unpaired) electrons. The number of carbonyl (C=O) groups is 2. The molecule has 18 heavy (non-hydrogen) atoms. The first-order chi connectivity index (χ1) is 8.45. The minimum atomic E-state index is -0.605. The van der Waals surface area contributed by atoms with E-state index < -0.39 is 6.04 Å². The van der Waals surface area contributed by atoms with E-state index in [-0.39, 0.29) is 16.8 Å². The summed E-state index contributed by atoms with van der Waals surface area (Å²) in [5, 5.41) is 5.53. The highest BCUT2D eigenvalue weighted by Gasteiger charge is 2.12. The lowest BCUT2D eigenvalue weighted by atomic mass is 10.2. The van der Waals surface area contributed by atoms with E-state index in [1.807, 2.05) is 6.92 Å². The third-order valence-electron chi connectivity index (χ3n) is 2.23. The molecule has 0 aliphatic heterocycles. The molecular weight excluding hydrogens is 254 g/mol. The van der Waals surface area contributed by atoms with E-state index in [2.05, 4.69) is 10.6 Å². The van der Waals surface area contributed by atoms with Gasteiger partial charge in [0.05, 0.1) is 16.6 Å². The highest BCUT2D eigenvalue weighted by atomic mass is 35.5. The Labute approximate surface area is 111 Å². The Kier molecular flexibility index (Phi) is 5.12. The highest BCUT2D eigenvalue weighted by Crippen LogP contribution is 2.21. The smallest absolute Gasteiger partial charge is 0.252 e. The van der Waals surface area contributed by atoms with Crippen LogP contribution in [-0.4, -0.2) is 24.4 Å². The van der Waals surface area contributed by atoms with Crippen molar-refractivity contribution in [3.05, 3.63) is 28.8 Å². The molecule has 0 aromatic heterocycles. The molecule has 1 aromatic carbocycles. The summed E-state index contributed by atoms with van der Waals surface area (Å²) in [5.41, 5.74) is 6.31. The molecule has 1 rings (SSSR count). The standard InChI is InChI=1S/C12H16ClN3O2/c1-3-15-12(18)9-5-4-8(6-10(9)13)16-11(17)7(2)14/h4-7H,3,14H2,1-2H3,(H,15,18)(H,16,17). The Morgan fingerprint density at radius 3 is 2.61 bits per heavy atom. The fraction of sp³-hybridized carbons (Fsp3) is 0.333. The number of carbonyl (C=O) groups excluding carboxylic acids is 2. The molecule has 0 fully saturated rings. The van der Waals surface area contributed by atoms with Crippen molar-refractivity contribution in [2.45, 2.75) is 19.9 Å². The zero-order valence-corrected chi connectivity index (χ0v) is 11.0. The summed E-state index contributed by atoms with van der Waals surface area (Å²) < 4.78 is 0. The minimum Gasteiger partial charge on any atom is -0.352 e. The number of benzene rings is 1. The molecule has 0 spiro atoms. The molecule has 1 aromatic rings. The highest BCUT2D eigenvalue weighted by molar-refractivity contribution is 6.34. The molecule has 0 aliphatic rings.